The maximum Gasteiger partial charge on any atom is 0.217 e. The lowest BCUT2D eigenvalue weighted by Gasteiger charge is -2.54. The van der Waals surface area contributed by atoms with Crippen molar-refractivity contribution in [2.24, 2.45) is 11.1 Å². The molecule has 5 aliphatic heterocycles. The zero-order valence-electron chi connectivity index (χ0n) is 21.3. The molecule has 0 radical (unpaired) electrons. The van der Waals surface area contributed by atoms with E-state index in [2.05, 4.69) is 15.1 Å². The van der Waals surface area contributed by atoms with Gasteiger partial charge in [0.1, 0.15) is 0 Å². The van der Waals surface area contributed by atoms with E-state index in [9.17, 15) is 8.42 Å². The smallest absolute Gasteiger partial charge is 0.217 e. The van der Waals surface area contributed by atoms with E-state index in [1.807, 2.05) is 4.31 Å². The van der Waals surface area contributed by atoms with Crippen LogP contribution in [-0.4, -0.2) is 98.3 Å². The molecule has 1 spiro atoms. The minimum atomic E-state index is -3.23. The van der Waals surface area contributed by atoms with Crippen molar-refractivity contribution in [3.63, 3.8) is 0 Å². The van der Waals surface area contributed by atoms with Crippen LogP contribution < -0.4 is 11.1 Å². The molecule has 2 bridgehead atoms. The first-order chi connectivity index (χ1) is 16.5. The second kappa shape index (κ2) is 11.0. The summed E-state index contributed by atoms with van der Waals surface area (Å²) in [7, 11) is -3.23. The van der Waals surface area contributed by atoms with E-state index in [4.69, 9.17) is 5.73 Å². The number of nitrogens with zero attached hydrogens (tertiary/aromatic N) is 3. The Balaban J connectivity index is 1.27. The van der Waals surface area contributed by atoms with Crippen molar-refractivity contribution in [1.29, 1.82) is 0 Å². The molecular weight excluding hydrogens is 446 g/mol. The number of fused-ring (bicyclic) bond motifs is 4. The van der Waals surface area contributed by atoms with Gasteiger partial charge in [-0.1, -0.05) is 44.9 Å². The number of likely N-dealkylation sites (tertiary alicyclic amines) is 1. The van der Waals surface area contributed by atoms with Gasteiger partial charge >= 0.3 is 0 Å². The number of sulfonamides is 1. The van der Waals surface area contributed by atoms with Crippen LogP contribution in [0.3, 0.4) is 0 Å². The molecule has 6 rings (SSSR count). The highest BCUT2D eigenvalue weighted by atomic mass is 32.2. The molecule has 6 fully saturated rings. The first-order valence-electron chi connectivity index (χ1n) is 14.4. The van der Waals surface area contributed by atoms with Crippen LogP contribution in [-0.2, 0) is 10.0 Å². The van der Waals surface area contributed by atoms with E-state index in [-0.39, 0.29) is 22.7 Å². The largest absolute Gasteiger partial charge is 0.325 e. The Hall–Kier alpha value is -0.250. The standard InChI is InChI=1S/C26H49N5O2S/c27-24-20-28-21-26(12-6-4-2-1-3-5-7-13-26)25(24)30-16-10-23(11-17-30)34(32,33)31-19-18-29-14-8-22(31)9-15-29/h22-25,28H,1-21,27H2. The summed E-state index contributed by atoms with van der Waals surface area (Å²) in [6, 6.07) is 0.754. The Morgan fingerprint density at radius 1 is 0.765 bits per heavy atom. The van der Waals surface area contributed by atoms with Crippen molar-refractivity contribution in [3.05, 3.63) is 0 Å². The van der Waals surface area contributed by atoms with E-state index in [0.717, 1.165) is 71.5 Å². The number of rotatable bonds is 3. The molecule has 5 heterocycles. The van der Waals surface area contributed by atoms with Gasteiger partial charge in [0.25, 0.3) is 0 Å². The van der Waals surface area contributed by atoms with Gasteiger partial charge in [0.05, 0.1) is 5.25 Å². The molecule has 2 atom stereocenters. The Morgan fingerprint density at radius 2 is 1.38 bits per heavy atom. The van der Waals surface area contributed by atoms with Gasteiger partial charge in [-0.2, -0.15) is 4.31 Å². The zero-order valence-corrected chi connectivity index (χ0v) is 22.1. The minimum Gasteiger partial charge on any atom is -0.325 e. The Morgan fingerprint density at radius 3 is 2.03 bits per heavy atom. The number of hydrogen-bond donors (Lipinski definition) is 2. The van der Waals surface area contributed by atoms with Gasteiger partial charge in [0, 0.05) is 44.3 Å². The van der Waals surface area contributed by atoms with E-state index >= 15 is 0 Å². The molecule has 34 heavy (non-hydrogen) atoms. The lowest BCUT2D eigenvalue weighted by molar-refractivity contribution is -0.00487. The van der Waals surface area contributed by atoms with Crippen molar-refractivity contribution in [1.82, 2.24) is 19.4 Å². The van der Waals surface area contributed by atoms with Crippen molar-refractivity contribution >= 4 is 10.0 Å². The van der Waals surface area contributed by atoms with Crippen LogP contribution in [0, 0.1) is 5.41 Å². The fourth-order valence-corrected chi connectivity index (χ4v) is 10.2. The monoisotopic (exact) mass is 495 g/mol. The van der Waals surface area contributed by atoms with Crippen LogP contribution in [0.5, 0.6) is 0 Å². The summed E-state index contributed by atoms with van der Waals surface area (Å²) >= 11 is 0. The average Bonchev–Trinajstić information content (AvgIpc) is 3.18. The Labute approximate surface area is 208 Å². The van der Waals surface area contributed by atoms with Gasteiger partial charge in [-0.15, -0.1) is 0 Å². The lowest BCUT2D eigenvalue weighted by atomic mass is 9.66. The second-order valence-corrected chi connectivity index (χ2v) is 14.2. The molecule has 0 amide bonds. The summed E-state index contributed by atoms with van der Waals surface area (Å²) < 4.78 is 29.4. The second-order valence-electron chi connectivity index (χ2n) is 12.0. The highest BCUT2D eigenvalue weighted by Crippen LogP contribution is 2.42. The summed E-state index contributed by atoms with van der Waals surface area (Å²) in [6.45, 7) is 7.45. The van der Waals surface area contributed by atoms with E-state index in [1.165, 1.54) is 57.8 Å². The van der Waals surface area contributed by atoms with Crippen LogP contribution >= 0.6 is 0 Å². The molecule has 8 heteroatoms. The first kappa shape index (κ1) is 25.4. The fraction of sp³-hybridized carbons (Fsp3) is 1.00. The molecular formula is C26H49N5O2S. The highest BCUT2D eigenvalue weighted by Gasteiger charge is 2.48. The van der Waals surface area contributed by atoms with Crippen molar-refractivity contribution in [3.8, 4) is 0 Å². The molecule has 6 aliphatic rings. The summed E-state index contributed by atoms with van der Waals surface area (Å²) in [5.74, 6) is 0. The van der Waals surface area contributed by atoms with Gasteiger partial charge in [0.2, 0.25) is 10.0 Å². The summed E-state index contributed by atoms with van der Waals surface area (Å²) in [5.41, 5.74) is 7.08. The van der Waals surface area contributed by atoms with Crippen LogP contribution in [0.15, 0.2) is 0 Å². The molecule has 1 saturated carbocycles. The zero-order chi connectivity index (χ0) is 23.6. The van der Waals surface area contributed by atoms with Gasteiger partial charge in [-0.05, 0) is 70.1 Å². The topological polar surface area (TPSA) is 81.9 Å². The molecule has 2 unspecified atom stereocenters. The predicted octanol–water partition coefficient (Wildman–Crippen LogP) is 2.37. The van der Waals surface area contributed by atoms with Gasteiger partial charge < -0.3 is 16.0 Å². The van der Waals surface area contributed by atoms with E-state index in [0.29, 0.717) is 12.6 Å². The lowest BCUT2D eigenvalue weighted by Crippen LogP contribution is -2.68. The van der Waals surface area contributed by atoms with Crippen LogP contribution in [0.2, 0.25) is 0 Å². The third-order valence-corrected chi connectivity index (χ3v) is 12.4. The maximum absolute atomic E-state index is 13.7. The number of hydrogen-bond acceptors (Lipinski definition) is 6. The summed E-state index contributed by atoms with van der Waals surface area (Å²) in [5, 5.41) is 3.47. The molecule has 7 nitrogen and oxygen atoms in total. The number of nitrogens with one attached hydrogen (secondary N) is 1. The molecule has 5 saturated heterocycles. The molecule has 0 aromatic rings. The Bertz CT molecular complexity index is 751. The van der Waals surface area contributed by atoms with Crippen LogP contribution in [0.25, 0.3) is 0 Å². The van der Waals surface area contributed by atoms with Crippen LogP contribution in [0.4, 0.5) is 0 Å². The van der Waals surface area contributed by atoms with E-state index in [1.54, 1.807) is 0 Å². The molecule has 0 aromatic heterocycles. The average molecular weight is 496 g/mol. The van der Waals surface area contributed by atoms with Crippen molar-refractivity contribution < 1.29 is 8.42 Å². The normalized spacial score (nSPS) is 37.4. The minimum absolute atomic E-state index is 0.139. The van der Waals surface area contributed by atoms with Crippen LogP contribution in [0.1, 0.15) is 83.5 Å². The van der Waals surface area contributed by atoms with Gasteiger partial charge in [-0.3, -0.25) is 4.90 Å². The number of piperidine rings is 3. The first-order valence-corrected chi connectivity index (χ1v) is 15.9. The van der Waals surface area contributed by atoms with Gasteiger partial charge in [-0.25, -0.2) is 8.42 Å². The maximum atomic E-state index is 13.7. The molecule has 0 aromatic carbocycles. The third kappa shape index (κ3) is 5.23. The summed E-state index contributed by atoms with van der Waals surface area (Å²) in [4.78, 5) is 5.06. The van der Waals surface area contributed by atoms with Gasteiger partial charge in [0.15, 0.2) is 0 Å². The molecule has 196 valence electrons. The SMILES string of the molecule is NC1CNCC2(CCCCCCCCC2)C1N1CCC(S(=O)(=O)N2CCN3CCC2CC3)CC1. The number of nitrogens with two attached hydrogens (primary N) is 1. The molecule has 1 aliphatic carbocycles. The van der Waals surface area contributed by atoms with Crippen molar-refractivity contribution in [2.45, 2.75) is 107 Å². The predicted molar refractivity (Wildman–Crippen MR) is 138 cm³/mol. The molecule has 3 N–H and O–H groups in total. The van der Waals surface area contributed by atoms with Crippen molar-refractivity contribution in [2.75, 3.05) is 52.4 Å². The quantitative estimate of drug-likeness (QED) is 0.626. The highest BCUT2D eigenvalue weighted by molar-refractivity contribution is 7.89. The fourth-order valence-electron chi connectivity index (χ4n) is 8.08. The summed E-state index contributed by atoms with van der Waals surface area (Å²) in [6.07, 6.45) is 15.5. The van der Waals surface area contributed by atoms with E-state index < -0.39 is 10.0 Å². The Kier molecular flexibility index (Phi) is 8.23. The third-order valence-electron chi connectivity index (χ3n) is 9.96.